The van der Waals surface area contributed by atoms with Crippen LogP contribution in [0.4, 0.5) is 0 Å². The molecular weight excluding hydrogens is 404 g/mol. The zero-order chi connectivity index (χ0) is 21.8. The van der Waals surface area contributed by atoms with E-state index in [1.807, 2.05) is 37.3 Å². The molecule has 1 atom stereocenters. The van der Waals surface area contributed by atoms with Gasteiger partial charge in [-0.2, -0.15) is 0 Å². The molecule has 1 aromatic heterocycles. The molecule has 3 fully saturated rings. The molecule has 1 spiro atoms. The number of rotatable bonds is 7. The van der Waals surface area contributed by atoms with Crippen LogP contribution in [0.25, 0.3) is 0 Å². The van der Waals surface area contributed by atoms with E-state index in [0.717, 1.165) is 70.1 Å². The van der Waals surface area contributed by atoms with E-state index in [2.05, 4.69) is 20.0 Å². The summed E-state index contributed by atoms with van der Waals surface area (Å²) in [6.45, 7) is 11.0. The molecule has 32 heavy (non-hydrogen) atoms. The lowest BCUT2D eigenvalue weighted by Gasteiger charge is -2.42. The van der Waals surface area contributed by atoms with Gasteiger partial charge in [0.25, 0.3) is 0 Å². The Balaban J connectivity index is 1.20. The number of ether oxygens (including phenoxy) is 2. The number of hydrogen-bond acceptors (Lipinski definition) is 7. The molecule has 1 aromatic carbocycles. The standard InChI is InChI=1S/C25H36N4O3/c1-20-26-27-24(32-20)23-18-29(17-21-7-14-30-15-8-21)19-25(23)9-11-28(12-10-25)13-16-31-22-5-3-2-4-6-22/h2-6,21,23H,7-19H2,1H3. The largest absolute Gasteiger partial charge is 0.492 e. The van der Waals surface area contributed by atoms with E-state index in [-0.39, 0.29) is 5.41 Å². The predicted octanol–water partition coefficient (Wildman–Crippen LogP) is 3.37. The van der Waals surface area contributed by atoms with Crippen molar-refractivity contribution in [2.45, 2.75) is 38.5 Å². The van der Waals surface area contributed by atoms with Crippen molar-refractivity contribution in [1.82, 2.24) is 20.0 Å². The van der Waals surface area contributed by atoms with Gasteiger partial charge in [0.15, 0.2) is 0 Å². The molecule has 0 N–H and O–H groups in total. The molecule has 3 aliphatic heterocycles. The van der Waals surface area contributed by atoms with Gasteiger partial charge in [-0.15, -0.1) is 10.2 Å². The van der Waals surface area contributed by atoms with Crippen LogP contribution in [-0.2, 0) is 4.74 Å². The third kappa shape index (κ3) is 5.00. The summed E-state index contributed by atoms with van der Waals surface area (Å²) >= 11 is 0. The van der Waals surface area contributed by atoms with Crippen molar-refractivity contribution in [2.24, 2.45) is 11.3 Å². The molecule has 3 saturated heterocycles. The van der Waals surface area contributed by atoms with Gasteiger partial charge in [0.05, 0.1) is 5.92 Å². The lowest BCUT2D eigenvalue weighted by Crippen LogP contribution is -2.45. The Hall–Kier alpha value is -1.96. The molecule has 0 radical (unpaired) electrons. The van der Waals surface area contributed by atoms with Crippen LogP contribution in [0.1, 0.15) is 43.4 Å². The predicted molar refractivity (Wildman–Crippen MR) is 122 cm³/mol. The fraction of sp³-hybridized carbons (Fsp3) is 0.680. The molecule has 4 heterocycles. The highest BCUT2D eigenvalue weighted by Crippen LogP contribution is 2.49. The van der Waals surface area contributed by atoms with Crippen molar-refractivity contribution in [3.63, 3.8) is 0 Å². The van der Waals surface area contributed by atoms with E-state index >= 15 is 0 Å². The van der Waals surface area contributed by atoms with E-state index in [9.17, 15) is 0 Å². The van der Waals surface area contributed by atoms with Crippen LogP contribution in [0.2, 0.25) is 0 Å². The molecule has 0 amide bonds. The molecule has 1 unspecified atom stereocenters. The molecule has 0 bridgehead atoms. The first-order valence-corrected chi connectivity index (χ1v) is 12.2. The summed E-state index contributed by atoms with van der Waals surface area (Å²) < 4.78 is 17.5. The van der Waals surface area contributed by atoms with Crippen LogP contribution in [0.15, 0.2) is 34.7 Å². The Kier molecular flexibility index (Phi) is 6.76. The lowest BCUT2D eigenvalue weighted by atomic mass is 9.70. The first kappa shape index (κ1) is 21.9. The van der Waals surface area contributed by atoms with E-state index in [4.69, 9.17) is 13.9 Å². The number of likely N-dealkylation sites (tertiary alicyclic amines) is 2. The van der Waals surface area contributed by atoms with Crippen LogP contribution in [0.5, 0.6) is 5.75 Å². The Morgan fingerprint density at radius 3 is 2.56 bits per heavy atom. The van der Waals surface area contributed by atoms with Crippen molar-refractivity contribution in [3.05, 3.63) is 42.1 Å². The maximum Gasteiger partial charge on any atom is 0.221 e. The minimum absolute atomic E-state index is 0.237. The molecular formula is C25H36N4O3. The van der Waals surface area contributed by atoms with E-state index < -0.39 is 0 Å². The highest BCUT2D eigenvalue weighted by atomic mass is 16.5. The Labute approximate surface area is 191 Å². The zero-order valence-electron chi connectivity index (χ0n) is 19.2. The normalized spacial score (nSPS) is 24.8. The number of aryl methyl sites for hydroxylation is 1. The summed E-state index contributed by atoms with van der Waals surface area (Å²) in [5.74, 6) is 3.56. The van der Waals surface area contributed by atoms with E-state index in [1.54, 1.807) is 0 Å². The Morgan fingerprint density at radius 2 is 1.84 bits per heavy atom. The van der Waals surface area contributed by atoms with Crippen molar-refractivity contribution < 1.29 is 13.9 Å². The molecule has 5 rings (SSSR count). The summed E-state index contributed by atoms with van der Waals surface area (Å²) in [6.07, 6.45) is 4.72. The topological polar surface area (TPSA) is 63.9 Å². The molecule has 3 aliphatic rings. The van der Waals surface area contributed by atoms with Crippen LogP contribution >= 0.6 is 0 Å². The molecule has 7 nitrogen and oxygen atoms in total. The van der Waals surface area contributed by atoms with Gasteiger partial charge < -0.3 is 18.8 Å². The number of para-hydroxylation sites is 1. The molecule has 174 valence electrons. The maximum absolute atomic E-state index is 5.97. The van der Waals surface area contributed by atoms with E-state index in [0.29, 0.717) is 11.8 Å². The smallest absolute Gasteiger partial charge is 0.221 e. The Morgan fingerprint density at radius 1 is 1.06 bits per heavy atom. The monoisotopic (exact) mass is 440 g/mol. The zero-order valence-corrected chi connectivity index (χ0v) is 19.2. The van der Waals surface area contributed by atoms with Gasteiger partial charge in [-0.05, 0) is 62.2 Å². The summed E-state index contributed by atoms with van der Waals surface area (Å²) in [6, 6.07) is 10.1. The third-order valence-corrected chi connectivity index (χ3v) is 7.69. The SMILES string of the molecule is Cc1nnc(C2CN(CC3CCOCC3)CC23CCN(CCOc2ccccc2)CC3)o1. The quantitative estimate of drug-likeness (QED) is 0.654. The van der Waals surface area contributed by atoms with Gasteiger partial charge in [0.1, 0.15) is 12.4 Å². The first-order chi connectivity index (χ1) is 15.7. The summed E-state index contributed by atoms with van der Waals surface area (Å²) in [7, 11) is 0. The first-order valence-electron chi connectivity index (χ1n) is 12.2. The van der Waals surface area contributed by atoms with Crippen LogP contribution in [0, 0.1) is 18.3 Å². The number of benzene rings is 1. The highest BCUT2D eigenvalue weighted by Gasteiger charge is 2.50. The Bertz CT molecular complexity index is 844. The highest BCUT2D eigenvalue weighted by molar-refractivity contribution is 5.20. The van der Waals surface area contributed by atoms with Crippen LogP contribution in [0.3, 0.4) is 0 Å². The molecule has 2 aromatic rings. The average Bonchev–Trinajstić information content (AvgIpc) is 3.40. The minimum atomic E-state index is 0.237. The van der Waals surface area contributed by atoms with Gasteiger partial charge in [-0.1, -0.05) is 18.2 Å². The molecule has 7 heteroatoms. The molecule has 0 saturated carbocycles. The van der Waals surface area contributed by atoms with Crippen LogP contribution in [-0.4, -0.2) is 79.1 Å². The van der Waals surface area contributed by atoms with Crippen molar-refractivity contribution in [1.29, 1.82) is 0 Å². The summed E-state index contributed by atoms with van der Waals surface area (Å²) in [5.41, 5.74) is 0.237. The number of hydrogen-bond donors (Lipinski definition) is 0. The summed E-state index contributed by atoms with van der Waals surface area (Å²) in [4.78, 5) is 5.22. The number of nitrogens with zero attached hydrogens (tertiary/aromatic N) is 4. The fourth-order valence-corrected chi connectivity index (χ4v) is 5.84. The van der Waals surface area contributed by atoms with Gasteiger partial charge in [0, 0.05) is 46.3 Å². The van der Waals surface area contributed by atoms with Crippen molar-refractivity contribution >= 4 is 0 Å². The van der Waals surface area contributed by atoms with Gasteiger partial charge >= 0.3 is 0 Å². The third-order valence-electron chi connectivity index (χ3n) is 7.69. The fourth-order valence-electron chi connectivity index (χ4n) is 5.84. The lowest BCUT2D eigenvalue weighted by molar-refractivity contribution is 0.0501. The minimum Gasteiger partial charge on any atom is -0.492 e. The second-order valence-corrected chi connectivity index (χ2v) is 9.83. The maximum atomic E-state index is 5.97. The number of piperidine rings is 1. The van der Waals surface area contributed by atoms with Crippen LogP contribution < -0.4 is 4.74 Å². The van der Waals surface area contributed by atoms with Gasteiger partial charge in [-0.25, -0.2) is 0 Å². The average molecular weight is 441 g/mol. The second kappa shape index (κ2) is 9.89. The second-order valence-electron chi connectivity index (χ2n) is 9.83. The van der Waals surface area contributed by atoms with Crippen molar-refractivity contribution in [2.75, 3.05) is 59.1 Å². The number of aromatic nitrogens is 2. The van der Waals surface area contributed by atoms with Gasteiger partial charge in [-0.3, -0.25) is 4.90 Å². The van der Waals surface area contributed by atoms with E-state index in [1.165, 1.54) is 32.2 Å². The molecule has 0 aliphatic carbocycles. The summed E-state index contributed by atoms with van der Waals surface area (Å²) in [5, 5.41) is 8.62. The van der Waals surface area contributed by atoms with Crippen molar-refractivity contribution in [3.8, 4) is 5.75 Å². The van der Waals surface area contributed by atoms with Gasteiger partial charge in [0.2, 0.25) is 11.8 Å².